The van der Waals surface area contributed by atoms with Gasteiger partial charge in [-0.25, -0.2) is 9.78 Å². The molecule has 0 aliphatic rings. The molecule has 0 aromatic carbocycles. The third kappa shape index (κ3) is 3.23. The Labute approximate surface area is 115 Å². The third-order valence-electron chi connectivity index (χ3n) is 2.64. The average Bonchev–Trinajstić information content (AvgIpc) is 2.85. The van der Waals surface area contributed by atoms with Crippen LogP contribution in [0.3, 0.4) is 0 Å². The maximum atomic E-state index is 10.9. The number of hydrogen-bond donors (Lipinski definition) is 3. The highest BCUT2D eigenvalue weighted by atomic mass is 32.1. The number of carboxylic acids is 1. The number of carboxylic acid groups (broad SMARTS) is 1. The second kappa shape index (κ2) is 5.71. The number of nitrogens with one attached hydrogen (secondary N) is 1. The molecule has 5 nitrogen and oxygen atoms in total. The summed E-state index contributed by atoms with van der Waals surface area (Å²) in [5.41, 5.74) is 6.20. The predicted octanol–water partition coefficient (Wildman–Crippen LogP) is 2.60. The number of anilines is 2. The van der Waals surface area contributed by atoms with E-state index in [1.165, 1.54) is 15.8 Å². The van der Waals surface area contributed by atoms with E-state index in [0.717, 1.165) is 6.42 Å². The van der Waals surface area contributed by atoms with Crippen LogP contribution >= 0.6 is 11.3 Å². The van der Waals surface area contributed by atoms with E-state index in [1.54, 1.807) is 17.4 Å². The Balaban J connectivity index is 2.10. The zero-order chi connectivity index (χ0) is 13.8. The largest absolute Gasteiger partial charge is 0.477 e. The van der Waals surface area contributed by atoms with Crippen molar-refractivity contribution in [3.05, 3.63) is 39.7 Å². The minimum atomic E-state index is -1.06. The number of pyridine rings is 1. The molecule has 2 heterocycles. The number of hydrogen-bond acceptors (Lipinski definition) is 5. The van der Waals surface area contributed by atoms with Crippen LogP contribution in [0.15, 0.2) is 24.3 Å². The van der Waals surface area contributed by atoms with Crippen LogP contribution in [-0.2, 0) is 13.0 Å². The quantitative estimate of drug-likeness (QED) is 0.781. The summed E-state index contributed by atoms with van der Waals surface area (Å²) in [5, 5.41) is 12.0. The van der Waals surface area contributed by atoms with Gasteiger partial charge in [0.05, 0.1) is 12.2 Å². The van der Waals surface area contributed by atoms with Gasteiger partial charge < -0.3 is 16.2 Å². The highest BCUT2D eigenvalue weighted by Crippen LogP contribution is 2.20. The zero-order valence-corrected chi connectivity index (χ0v) is 11.3. The number of aromatic nitrogens is 1. The molecule has 0 spiro atoms. The number of aromatic carboxylic acids is 1. The summed E-state index contributed by atoms with van der Waals surface area (Å²) in [7, 11) is 0. The van der Waals surface area contributed by atoms with Crippen molar-refractivity contribution in [2.24, 2.45) is 0 Å². The first-order chi connectivity index (χ1) is 9.10. The van der Waals surface area contributed by atoms with Gasteiger partial charge in [0.15, 0.2) is 11.5 Å². The standard InChI is InChI=1S/C13H15N3O2S/c1-2-8-3-4-9(19-8)7-15-12-10(14)5-6-11(16-12)13(17)18/h3-6H,2,7,14H2,1H3,(H,15,16)(H,17,18). The van der Waals surface area contributed by atoms with Gasteiger partial charge in [-0.3, -0.25) is 0 Å². The van der Waals surface area contributed by atoms with Crippen molar-refractivity contribution in [1.29, 1.82) is 0 Å². The van der Waals surface area contributed by atoms with Crippen molar-refractivity contribution in [3.63, 3.8) is 0 Å². The second-order valence-electron chi connectivity index (χ2n) is 4.01. The van der Waals surface area contributed by atoms with Gasteiger partial charge in [-0.15, -0.1) is 11.3 Å². The molecule has 0 aliphatic heterocycles. The van der Waals surface area contributed by atoms with Crippen LogP contribution in [0, 0.1) is 0 Å². The van der Waals surface area contributed by atoms with Gasteiger partial charge >= 0.3 is 5.97 Å². The van der Waals surface area contributed by atoms with E-state index in [1.807, 2.05) is 6.07 Å². The van der Waals surface area contributed by atoms with E-state index in [9.17, 15) is 4.79 Å². The number of thiophene rings is 1. The van der Waals surface area contributed by atoms with Gasteiger partial charge in [0.1, 0.15) is 0 Å². The normalized spacial score (nSPS) is 10.4. The van der Waals surface area contributed by atoms with Crippen molar-refractivity contribution in [1.82, 2.24) is 4.98 Å². The van der Waals surface area contributed by atoms with E-state index in [2.05, 4.69) is 23.3 Å². The van der Waals surface area contributed by atoms with Crippen molar-refractivity contribution < 1.29 is 9.90 Å². The van der Waals surface area contributed by atoms with Crippen LogP contribution in [0.25, 0.3) is 0 Å². The highest BCUT2D eigenvalue weighted by Gasteiger charge is 2.08. The van der Waals surface area contributed by atoms with Crippen molar-refractivity contribution in [2.75, 3.05) is 11.1 Å². The molecule has 19 heavy (non-hydrogen) atoms. The lowest BCUT2D eigenvalue weighted by molar-refractivity contribution is 0.0690. The fourth-order valence-corrected chi connectivity index (χ4v) is 2.51. The maximum absolute atomic E-state index is 10.9. The first kappa shape index (κ1) is 13.4. The first-order valence-corrected chi connectivity index (χ1v) is 6.73. The van der Waals surface area contributed by atoms with Gasteiger partial charge in [0.2, 0.25) is 0 Å². The van der Waals surface area contributed by atoms with Gasteiger partial charge in [-0.1, -0.05) is 6.92 Å². The number of nitrogens with two attached hydrogens (primary N) is 1. The molecule has 6 heteroatoms. The molecule has 0 atom stereocenters. The van der Waals surface area contributed by atoms with Crippen LogP contribution < -0.4 is 11.1 Å². The maximum Gasteiger partial charge on any atom is 0.354 e. The van der Waals surface area contributed by atoms with Crippen molar-refractivity contribution in [3.8, 4) is 0 Å². The lowest BCUT2D eigenvalue weighted by Crippen LogP contribution is -2.08. The Morgan fingerprint density at radius 1 is 1.37 bits per heavy atom. The lowest BCUT2D eigenvalue weighted by atomic mass is 10.3. The minimum absolute atomic E-state index is 0.0165. The molecule has 0 unspecified atom stereocenters. The number of aryl methyl sites for hydroxylation is 1. The molecule has 0 radical (unpaired) electrons. The van der Waals surface area contributed by atoms with Crippen LogP contribution in [0.1, 0.15) is 27.2 Å². The smallest absolute Gasteiger partial charge is 0.354 e. The molecule has 0 fully saturated rings. The Morgan fingerprint density at radius 3 is 2.74 bits per heavy atom. The van der Waals surface area contributed by atoms with E-state index < -0.39 is 5.97 Å². The molecule has 100 valence electrons. The lowest BCUT2D eigenvalue weighted by Gasteiger charge is -2.07. The van der Waals surface area contributed by atoms with E-state index >= 15 is 0 Å². The van der Waals surface area contributed by atoms with E-state index in [-0.39, 0.29) is 5.69 Å². The predicted molar refractivity (Wildman–Crippen MR) is 76.6 cm³/mol. The fraction of sp³-hybridized carbons (Fsp3) is 0.231. The summed E-state index contributed by atoms with van der Waals surface area (Å²) in [6.07, 6.45) is 1.01. The molecule has 2 aromatic heterocycles. The monoisotopic (exact) mass is 277 g/mol. The van der Waals surface area contributed by atoms with Gasteiger partial charge in [-0.2, -0.15) is 0 Å². The topological polar surface area (TPSA) is 88.2 Å². The van der Waals surface area contributed by atoms with E-state index in [0.29, 0.717) is 18.1 Å². The molecule has 0 saturated carbocycles. The van der Waals surface area contributed by atoms with Crippen molar-refractivity contribution in [2.45, 2.75) is 19.9 Å². The number of rotatable bonds is 5. The molecule has 0 aliphatic carbocycles. The zero-order valence-electron chi connectivity index (χ0n) is 10.5. The van der Waals surface area contributed by atoms with Crippen LogP contribution in [0.5, 0.6) is 0 Å². The fourth-order valence-electron chi connectivity index (χ4n) is 1.61. The molecule has 0 amide bonds. The van der Waals surface area contributed by atoms with Gasteiger partial charge in [-0.05, 0) is 30.7 Å². The Kier molecular flexibility index (Phi) is 4.01. The molecular weight excluding hydrogens is 262 g/mol. The summed E-state index contributed by atoms with van der Waals surface area (Å²) in [5.74, 6) is -0.654. The van der Waals surface area contributed by atoms with Crippen LogP contribution in [0.4, 0.5) is 11.5 Å². The Morgan fingerprint density at radius 2 is 2.11 bits per heavy atom. The second-order valence-corrected chi connectivity index (χ2v) is 5.27. The van der Waals surface area contributed by atoms with E-state index in [4.69, 9.17) is 10.8 Å². The summed E-state index contributed by atoms with van der Waals surface area (Å²) in [6, 6.07) is 7.08. The molecule has 0 bridgehead atoms. The average molecular weight is 277 g/mol. The summed E-state index contributed by atoms with van der Waals surface area (Å²) < 4.78 is 0. The van der Waals surface area contributed by atoms with Gasteiger partial charge in [0.25, 0.3) is 0 Å². The van der Waals surface area contributed by atoms with Crippen LogP contribution in [-0.4, -0.2) is 16.1 Å². The number of nitrogen functional groups attached to an aromatic ring is 1. The molecule has 2 aromatic rings. The Bertz CT molecular complexity index is 595. The first-order valence-electron chi connectivity index (χ1n) is 5.91. The molecule has 0 saturated heterocycles. The molecule has 2 rings (SSSR count). The molecular formula is C13H15N3O2S. The van der Waals surface area contributed by atoms with Crippen LogP contribution in [0.2, 0.25) is 0 Å². The minimum Gasteiger partial charge on any atom is -0.477 e. The Hall–Kier alpha value is -2.08. The summed E-state index contributed by atoms with van der Waals surface area (Å²) in [4.78, 5) is 17.3. The summed E-state index contributed by atoms with van der Waals surface area (Å²) >= 11 is 1.72. The van der Waals surface area contributed by atoms with Crippen molar-refractivity contribution >= 4 is 28.8 Å². The SMILES string of the molecule is CCc1ccc(CNc2nc(C(=O)O)ccc2N)s1. The molecule has 4 N–H and O–H groups in total. The number of carbonyl (C=O) groups is 1. The summed E-state index contributed by atoms with van der Waals surface area (Å²) in [6.45, 7) is 2.70. The van der Waals surface area contributed by atoms with Gasteiger partial charge in [0, 0.05) is 9.75 Å². The highest BCUT2D eigenvalue weighted by molar-refractivity contribution is 7.12. The number of nitrogens with zero attached hydrogens (tertiary/aromatic N) is 1. The third-order valence-corrected chi connectivity index (χ3v) is 3.87.